The molecule has 0 radical (unpaired) electrons. The van der Waals surface area contributed by atoms with Crippen LogP contribution in [0.2, 0.25) is 0 Å². The second-order valence-electron chi connectivity index (χ2n) is 2.68. The lowest BCUT2D eigenvalue weighted by molar-refractivity contribution is 0.319. The molecule has 1 rings (SSSR count). The summed E-state index contributed by atoms with van der Waals surface area (Å²) in [6.45, 7) is -0.418. The lowest BCUT2D eigenvalue weighted by Crippen LogP contribution is -2.10. The molecule has 0 saturated carbocycles. The third kappa shape index (κ3) is 2.44. The second-order valence-corrected chi connectivity index (χ2v) is 4.79. The second kappa shape index (κ2) is 4.41. The number of sulfone groups is 1. The number of anilines is 1. The van der Waals surface area contributed by atoms with Crippen molar-refractivity contribution >= 4 is 15.5 Å². The minimum Gasteiger partial charge on any atom is -0.395 e. The zero-order chi connectivity index (χ0) is 10.6. The molecule has 0 heterocycles. The fraction of sp³-hybridized carbons (Fsp3) is 0.250. The van der Waals surface area contributed by atoms with Gasteiger partial charge in [0, 0.05) is 0 Å². The highest BCUT2D eigenvalue weighted by atomic mass is 32.2. The van der Waals surface area contributed by atoms with Crippen LogP contribution in [-0.4, -0.2) is 31.1 Å². The Kier molecular flexibility index (Phi) is 3.45. The number of hydrogen-bond donors (Lipinski definition) is 3. The molecule has 0 atom stereocenters. The zero-order valence-corrected chi connectivity index (χ0v) is 8.16. The third-order valence-corrected chi connectivity index (χ3v) is 3.37. The fourth-order valence-corrected chi connectivity index (χ4v) is 2.07. The normalized spacial score (nSPS) is 11.3. The van der Waals surface area contributed by atoms with E-state index in [-0.39, 0.29) is 10.6 Å². The summed E-state index contributed by atoms with van der Waals surface area (Å²) < 4.78 is 22.9. The van der Waals surface area contributed by atoms with Crippen LogP contribution in [0.5, 0.6) is 0 Å². The Bertz CT molecular complexity index is 402. The average molecular weight is 217 g/mol. The van der Waals surface area contributed by atoms with Gasteiger partial charge in [0.25, 0.3) is 0 Å². The van der Waals surface area contributed by atoms with Gasteiger partial charge >= 0.3 is 0 Å². The van der Waals surface area contributed by atoms with E-state index in [0.717, 1.165) is 0 Å². The summed E-state index contributed by atoms with van der Waals surface area (Å²) in [4.78, 5) is 0.0746. The molecule has 0 aliphatic heterocycles. The first-order valence-corrected chi connectivity index (χ1v) is 5.59. The number of rotatable bonds is 4. The van der Waals surface area contributed by atoms with Crippen LogP contribution in [0.25, 0.3) is 0 Å². The summed E-state index contributed by atoms with van der Waals surface area (Å²) in [5, 5.41) is 17.1. The highest BCUT2D eigenvalue weighted by molar-refractivity contribution is 7.91. The molecule has 3 N–H and O–H groups in total. The molecule has 0 fully saturated rings. The number of aliphatic hydroxyl groups excluding tert-OH is 1. The molecule has 0 spiro atoms. The molecule has 0 bridgehead atoms. The molecule has 0 saturated heterocycles. The number of aliphatic hydroxyl groups is 1. The van der Waals surface area contributed by atoms with E-state index in [1.54, 1.807) is 0 Å². The van der Waals surface area contributed by atoms with Crippen LogP contribution in [0.3, 0.4) is 0 Å². The largest absolute Gasteiger partial charge is 0.395 e. The first kappa shape index (κ1) is 11.0. The van der Waals surface area contributed by atoms with Crippen molar-refractivity contribution in [2.45, 2.75) is 4.90 Å². The molecule has 78 valence electrons. The molecule has 0 unspecified atom stereocenters. The Labute approximate surface area is 81.9 Å². The van der Waals surface area contributed by atoms with E-state index in [4.69, 9.17) is 10.3 Å². The van der Waals surface area contributed by atoms with Crippen LogP contribution in [0, 0.1) is 0 Å². The maximum Gasteiger partial charge on any atom is 0.180 e. The Morgan fingerprint density at radius 1 is 1.36 bits per heavy atom. The van der Waals surface area contributed by atoms with Crippen molar-refractivity contribution < 1.29 is 18.7 Å². The monoisotopic (exact) mass is 217 g/mol. The highest BCUT2D eigenvalue weighted by Crippen LogP contribution is 2.15. The summed E-state index contributed by atoms with van der Waals surface area (Å²) >= 11 is 0. The first-order chi connectivity index (χ1) is 6.60. The van der Waals surface area contributed by atoms with Gasteiger partial charge in [0.05, 0.1) is 22.9 Å². The van der Waals surface area contributed by atoms with Crippen molar-refractivity contribution in [1.82, 2.24) is 0 Å². The summed E-state index contributed by atoms with van der Waals surface area (Å²) in [5.74, 6) is -0.318. The third-order valence-electron chi connectivity index (χ3n) is 1.68. The van der Waals surface area contributed by atoms with Crippen LogP contribution in [0.1, 0.15) is 0 Å². The fourth-order valence-electron chi connectivity index (χ4n) is 0.997. The van der Waals surface area contributed by atoms with Gasteiger partial charge in [0.15, 0.2) is 9.84 Å². The summed E-state index contributed by atoms with van der Waals surface area (Å²) in [7, 11) is -3.44. The van der Waals surface area contributed by atoms with Gasteiger partial charge in [-0.1, -0.05) is 6.07 Å². The van der Waals surface area contributed by atoms with Gasteiger partial charge < -0.3 is 5.11 Å². The first-order valence-electron chi connectivity index (χ1n) is 3.94. The van der Waals surface area contributed by atoms with Crippen LogP contribution in [-0.2, 0) is 9.84 Å². The molecule has 14 heavy (non-hydrogen) atoms. The van der Waals surface area contributed by atoms with E-state index in [0.29, 0.717) is 5.69 Å². The van der Waals surface area contributed by atoms with E-state index in [9.17, 15) is 8.42 Å². The van der Waals surface area contributed by atoms with Gasteiger partial charge in [-0.15, -0.1) is 0 Å². The van der Waals surface area contributed by atoms with Crippen LogP contribution in [0.4, 0.5) is 5.69 Å². The maximum absolute atomic E-state index is 11.4. The number of benzene rings is 1. The summed E-state index contributed by atoms with van der Waals surface area (Å²) in [6, 6.07) is 5.73. The Hall–Kier alpha value is -1.11. The van der Waals surface area contributed by atoms with Gasteiger partial charge in [-0.05, 0) is 18.2 Å². The molecule has 6 heteroatoms. The van der Waals surface area contributed by atoms with Crippen LogP contribution < -0.4 is 5.48 Å². The van der Waals surface area contributed by atoms with Crippen molar-refractivity contribution in [1.29, 1.82) is 0 Å². The van der Waals surface area contributed by atoms with Crippen LogP contribution in [0.15, 0.2) is 29.2 Å². The topological polar surface area (TPSA) is 86.6 Å². The molecule has 0 aromatic heterocycles. The standard InChI is InChI=1S/C8H11NO4S/c10-4-5-14(12,13)8-3-1-2-7(6-8)9-11/h1-3,6,9-11H,4-5H2. The lowest BCUT2D eigenvalue weighted by Gasteiger charge is -2.04. The van der Waals surface area contributed by atoms with E-state index in [1.165, 1.54) is 24.3 Å². The van der Waals surface area contributed by atoms with Gasteiger partial charge in [-0.25, -0.2) is 8.42 Å². The number of hydrogen-bond acceptors (Lipinski definition) is 5. The average Bonchev–Trinajstić information content (AvgIpc) is 2.18. The van der Waals surface area contributed by atoms with E-state index in [1.807, 2.05) is 5.48 Å². The van der Waals surface area contributed by atoms with Gasteiger partial charge in [0.2, 0.25) is 0 Å². The number of nitrogens with one attached hydrogen (secondary N) is 1. The molecular weight excluding hydrogens is 206 g/mol. The van der Waals surface area contributed by atoms with Gasteiger partial charge in [-0.3, -0.25) is 10.7 Å². The van der Waals surface area contributed by atoms with E-state index in [2.05, 4.69) is 0 Å². The Morgan fingerprint density at radius 3 is 2.64 bits per heavy atom. The Morgan fingerprint density at radius 2 is 2.07 bits per heavy atom. The zero-order valence-electron chi connectivity index (χ0n) is 7.34. The molecule has 5 nitrogen and oxygen atoms in total. The van der Waals surface area contributed by atoms with E-state index >= 15 is 0 Å². The molecule has 1 aromatic rings. The van der Waals surface area contributed by atoms with Crippen molar-refractivity contribution in [3.05, 3.63) is 24.3 Å². The van der Waals surface area contributed by atoms with Crippen molar-refractivity contribution in [2.75, 3.05) is 17.8 Å². The Balaban J connectivity index is 3.07. The van der Waals surface area contributed by atoms with Crippen molar-refractivity contribution in [2.24, 2.45) is 0 Å². The smallest absolute Gasteiger partial charge is 0.180 e. The summed E-state index contributed by atoms with van der Waals surface area (Å²) in [5.41, 5.74) is 2.15. The molecule has 0 aliphatic rings. The van der Waals surface area contributed by atoms with Crippen molar-refractivity contribution in [3.63, 3.8) is 0 Å². The molecule has 0 amide bonds. The predicted octanol–water partition coefficient (Wildman–Crippen LogP) is 0.254. The van der Waals surface area contributed by atoms with Crippen molar-refractivity contribution in [3.8, 4) is 0 Å². The van der Waals surface area contributed by atoms with Gasteiger partial charge in [-0.2, -0.15) is 0 Å². The predicted molar refractivity (Wildman–Crippen MR) is 51.0 cm³/mol. The van der Waals surface area contributed by atoms with Gasteiger partial charge in [0.1, 0.15) is 0 Å². The highest BCUT2D eigenvalue weighted by Gasteiger charge is 2.13. The minimum atomic E-state index is -3.44. The van der Waals surface area contributed by atoms with Crippen LogP contribution >= 0.6 is 0 Å². The molecule has 1 aromatic carbocycles. The van der Waals surface area contributed by atoms with E-state index < -0.39 is 16.4 Å². The summed E-state index contributed by atoms with van der Waals surface area (Å²) in [6.07, 6.45) is 0. The molecular formula is C8H11NO4S. The maximum atomic E-state index is 11.4. The minimum absolute atomic E-state index is 0.0746. The molecule has 0 aliphatic carbocycles. The quantitative estimate of drug-likeness (QED) is 0.629. The lowest BCUT2D eigenvalue weighted by atomic mass is 10.3. The SMILES string of the molecule is O=S(=O)(CCO)c1cccc(NO)c1.